The number of phenols is 1. The molecule has 128 valence electrons. The number of aliphatic hydroxyl groups is 1. The maximum Gasteiger partial charge on any atom is 0.248 e. The van der Waals surface area contributed by atoms with E-state index in [2.05, 4.69) is 10.3 Å². The maximum absolute atomic E-state index is 11.4. The van der Waals surface area contributed by atoms with E-state index in [4.69, 9.17) is 0 Å². The highest BCUT2D eigenvalue weighted by Crippen LogP contribution is 2.30. The zero-order valence-electron chi connectivity index (χ0n) is 14.6. The first-order valence-electron chi connectivity index (χ1n) is 8.23. The molecule has 0 radical (unpaired) electrons. The lowest BCUT2D eigenvalue weighted by Crippen LogP contribution is -2.39. The summed E-state index contributed by atoms with van der Waals surface area (Å²) < 4.78 is 0. The Morgan fingerprint density at radius 2 is 1.83 bits per heavy atom. The molecule has 0 bridgehead atoms. The highest BCUT2D eigenvalue weighted by Gasteiger charge is 2.22. The van der Waals surface area contributed by atoms with Crippen molar-refractivity contribution in [1.82, 2.24) is 10.3 Å². The van der Waals surface area contributed by atoms with Gasteiger partial charge < -0.3 is 20.5 Å². The number of aliphatic hydroxyl groups excluding tert-OH is 1. The summed E-state index contributed by atoms with van der Waals surface area (Å²) in [6, 6.07) is 6.39. The number of hydrogen-bond donors (Lipinski definition) is 4. The predicted molar refractivity (Wildman–Crippen MR) is 94.9 cm³/mol. The molecule has 2 rings (SSSR count). The summed E-state index contributed by atoms with van der Waals surface area (Å²) in [7, 11) is 0. The SMILES string of the molecule is CC.CCC(NC(C)C)C(O)c1ccc(O)c2[nH]c(=O)ccc12. The minimum Gasteiger partial charge on any atom is -0.506 e. The number of aromatic nitrogens is 1. The molecule has 0 fully saturated rings. The van der Waals surface area contributed by atoms with Crippen molar-refractivity contribution in [2.24, 2.45) is 0 Å². The van der Waals surface area contributed by atoms with Crippen LogP contribution in [0, 0.1) is 0 Å². The Morgan fingerprint density at radius 1 is 1.17 bits per heavy atom. The third kappa shape index (κ3) is 4.56. The van der Waals surface area contributed by atoms with Gasteiger partial charge in [0.25, 0.3) is 0 Å². The lowest BCUT2D eigenvalue weighted by Gasteiger charge is -2.26. The number of aromatic hydroxyl groups is 1. The quantitative estimate of drug-likeness (QED) is 0.682. The van der Waals surface area contributed by atoms with E-state index < -0.39 is 6.10 Å². The molecule has 0 aliphatic heterocycles. The molecule has 1 aromatic heterocycles. The molecule has 2 unspecified atom stereocenters. The Bertz CT molecular complexity index is 680. The fourth-order valence-corrected chi connectivity index (χ4v) is 2.59. The van der Waals surface area contributed by atoms with Gasteiger partial charge in [-0.1, -0.05) is 40.7 Å². The van der Waals surface area contributed by atoms with Crippen LogP contribution in [0.15, 0.2) is 29.1 Å². The molecule has 0 amide bonds. The monoisotopic (exact) mass is 320 g/mol. The van der Waals surface area contributed by atoms with Crippen molar-refractivity contribution in [3.05, 3.63) is 40.2 Å². The van der Waals surface area contributed by atoms with Crippen molar-refractivity contribution < 1.29 is 10.2 Å². The summed E-state index contributed by atoms with van der Waals surface area (Å²) >= 11 is 0. The standard InChI is InChI=1S/C16H22N2O3.C2H6/c1-4-12(17-9(2)3)16(21)11-5-7-13(19)15-10(11)6-8-14(20)18-15;1-2/h5-9,12,16-17,19,21H,4H2,1-3H3,(H,18,20);1-2H3. The van der Waals surface area contributed by atoms with E-state index in [9.17, 15) is 15.0 Å². The average molecular weight is 320 g/mol. The molecule has 5 heteroatoms. The third-order valence-corrected chi connectivity index (χ3v) is 3.59. The molecule has 4 N–H and O–H groups in total. The van der Waals surface area contributed by atoms with Gasteiger partial charge in [-0.2, -0.15) is 0 Å². The maximum atomic E-state index is 11.4. The van der Waals surface area contributed by atoms with Crippen molar-refractivity contribution in [1.29, 1.82) is 0 Å². The van der Waals surface area contributed by atoms with Gasteiger partial charge in [0.1, 0.15) is 5.75 Å². The van der Waals surface area contributed by atoms with Crippen LogP contribution in [0.1, 0.15) is 52.7 Å². The van der Waals surface area contributed by atoms with Gasteiger partial charge in [-0.3, -0.25) is 4.79 Å². The Balaban J connectivity index is 0.00000127. The summed E-state index contributed by atoms with van der Waals surface area (Å²) in [6.07, 6.45) is 0.0526. The molecule has 1 heterocycles. The van der Waals surface area contributed by atoms with Gasteiger partial charge in [-0.25, -0.2) is 0 Å². The van der Waals surface area contributed by atoms with Crippen LogP contribution in [0.25, 0.3) is 10.9 Å². The van der Waals surface area contributed by atoms with Crippen LogP contribution in [-0.4, -0.2) is 27.3 Å². The van der Waals surface area contributed by atoms with E-state index in [0.29, 0.717) is 16.5 Å². The highest BCUT2D eigenvalue weighted by atomic mass is 16.3. The molecule has 0 saturated carbocycles. The van der Waals surface area contributed by atoms with Crippen molar-refractivity contribution in [3.8, 4) is 5.75 Å². The van der Waals surface area contributed by atoms with Crippen molar-refractivity contribution >= 4 is 10.9 Å². The van der Waals surface area contributed by atoms with Gasteiger partial charge in [-0.05, 0) is 24.1 Å². The Kier molecular flexibility index (Phi) is 7.26. The fraction of sp³-hybridized carbons (Fsp3) is 0.500. The number of fused-ring (bicyclic) bond motifs is 1. The van der Waals surface area contributed by atoms with Gasteiger partial charge in [0.2, 0.25) is 5.56 Å². The van der Waals surface area contributed by atoms with E-state index in [0.717, 1.165) is 6.42 Å². The van der Waals surface area contributed by atoms with Gasteiger partial charge in [0.05, 0.1) is 11.6 Å². The van der Waals surface area contributed by atoms with Crippen molar-refractivity contribution in [2.45, 2.75) is 59.2 Å². The summed E-state index contributed by atoms with van der Waals surface area (Å²) in [5.41, 5.74) is 0.772. The molecule has 23 heavy (non-hydrogen) atoms. The number of pyridine rings is 1. The number of H-pyrrole nitrogens is 1. The molecular formula is C18H28N2O3. The highest BCUT2D eigenvalue weighted by molar-refractivity contribution is 5.87. The predicted octanol–water partition coefficient (Wildman–Crippen LogP) is 3.07. The largest absolute Gasteiger partial charge is 0.506 e. The van der Waals surface area contributed by atoms with Gasteiger partial charge >= 0.3 is 0 Å². The number of phenolic OH excluding ortho intramolecular Hbond substituents is 1. The first kappa shape index (κ1) is 19.2. The minimum absolute atomic E-state index is 0.00326. The normalized spacial score (nSPS) is 13.5. The summed E-state index contributed by atoms with van der Waals surface area (Å²) in [5.74, 6) is 0.00326. The fourth-order valence-electron chi connectivity index (χ4n) is 2.59. The van der Waals surface area contributed by atoms with Crippen LogP contribution in [0.2, 0.25) is 0 Å². The van der Waals surface area contributed by atoms with Crippen LogP contribution in [0.5, 0.6) is 5.75 Å². The average Bonchev–Trinajstić information content (AvgIpc) is 2.54. The van der Waals surface area contributed by atoms with Crippen LogP contribution in [0.3, 0.4) is 0 Å². The Morgan fingerprint density at radius 3 is 2.39 bits per heavy atom. The Labute approximate surface area is 137 Å². The van der Waals surface area contributed by atoms with Gasteiger partial charge in [-0.15, -0.1) is 0 Å². The van der Waals surface area contributed by atoms with Gasteiger partial charge in [0, 0.05) is 23.5 Å². The first-order chi connectivity index (χ1) is 10.9. The molecule has 0 saturated heterocycles. The second-order valence-electron chi connectivity index (χ2n) is 5.57. The van der Waals surface area contributed by atoms with Gasteiger partial charge in [0.15, 0.2) is 0 Å². The summed E-state index contributed by atoms with van der Waals surface area (Å²) in [4.78, 5) is 14.0. The zero-order chi connectivity index (χ0) is 17.6. The van der Waals surface area contributed by atoms with E-state index in [1.807, 2.05) is 34.6 Å². The number of nitrogens with one attached hydrogen (secondary N) is 2. The molecule has 1 aromatic carbocycles. The first-order valence-corrected chi connectivity index (χ1v) is 8.23. The molecule has 5 nitrogen and oxygen atoms in total. The molecule has 0 spiro atoms. The number of benzene rings is 1. The molecule has 0 aliphatic rings. The lowest BCUT2D eigenvalue weighted by molar-refractivity contribution is 0.123. The van der Waals surface area contributed by atoms with Crippen molar-refractivity contribution in [3.63, 3.8) is 0 Å². The second kappa shape index (κ2) is 8.70. The van der Waals surface area contributed by atoms with Crippen molar-refractivity contribution in [2.75, 3.05) is 0 Å². The molecule has 0 aliphatic carbocycles. The number of rotatable bonds is 5. The van der Waals surface area contributed by atoms with Crippen LogP contribution in [-0.2, 0) is 0 Å². The third-order valence-electron chi connectivity index (χ3n) is 3.59. The Hall–Kier alpha value is -1.85. The van der Waals surface area contributed by atoms with Crippen LogP contribution in [0.4, 0.5) is 0 Å². The lowest BCUT2D eigenvalue weighted by atomic mass is 9.95. The molecular weight excluding hydrogens is 292 g/mol. The van der Waals surface area contributed by atoms with Crippen LogP contribution < -0.4 is 10.9 Å². The smallest absolute Gasteiger partial charge is 0.248 e. The second-order valence-corrected chi connectivity index (χ2v) is 5.57. The van der Waals surface area contributed by atoms with E-state index >= 15 is 0 Å². The topological polar surface area (TPSA) is 85.3 Å². The van der Waals surface area contributed by atoms with E-state index in [-0.39, 0.29) is 23.4 Å². The summed E-state index contributed by atoms with van der Waals surface area (Å²) in [6.45, 7) is 10.1. The molecule has 2 aromatic rings. The minimum atomic E-state index is -0.716. The zero-order valence-corrected chi connectivity index (χ0v) is 14.6. The number of hydrogen-bond acceptors (Lipinski definition) is 4. The van der Waals surface area contributed by atoms with Crippen LogP contribution >= 0.6 is 0 Å². The summed E-state index contributed by atoms with van der Waals surface area (Å²) in [5, 5.41) is 24.5. The van der Waals surface area contributed by atoms with E-state index in [1.165, 1.54) is 12.1 Å². The molecule has 2 atom stereocenters. The number of aromatic amines is 1. The van der Waals surface area contributed by atoms with E-state index in [1.54, 1.807) is 12.1 Å².